The molecule has 0 saturated carbocycles. The Morgan fingerprint density at radius 2 is 1.76 bits per heavy atom. The first-order valence-electron chi connectivity index (χ1n) is 8.95. The third-order valence-electron chi connectivity index (χ3n) is 5.28. The number of fused-ring (bicyclic) bond motifs is 2. The first kappa shape index (κ1) is 17.6. The van der Waals surface area contributed by atoms with Crippen LogP contribution in [0.1, 0.15) is 11.1 Å². The summed E-state index contributed by atoms with van der Waals surface area (Å²) in [6, 6.07) is 20.0. The summed E-state index contributed by atoms with van der Waals surface area (Å²) < 4.78 is 48.3. The number of benzene rings is 5. The van der Waals surface area contributed by atoms with E-state index >= 15 is 0 Å². The van der Waals surface area contributed by atoms with E-state index in [1.165, 1.54) is 6.07 Å². The molecule has 5 aromatic rings. The highest BCUT2D eigenvalue weighted by Crippen LogP contribution is 2.46. The van der Waals surface area contributed by atoms with Crippen molar-refractivity contribution in [2.45, 2.75) is 11.9 Å². The lowest BCUT2D eigenvalue weighted by atomic mass is 9.80. The molecule has 0 radical (unpaired) electrons. The average Bonchev–Trinajstić information content (AvgIpc) is 3.10. The molecule has 146 valence electrons. The van der Waals surface area contributed by atoms with Crippen LogP contribution in [0.4, 0.5) is 13.2 Å². The highest BCUT2D eigenvalue weighted by atomic mass is 19.4. The summed E-state index contributed by atoms with van der Waals surface area (Å²) in [5.41, 5.74) is 6.70. The van der Waals surface area contributed by atoms with Gasteiger partial charge in [0.2, 0.25) is 0 Å². The van der Waals surface area contributed by atoms with Crippen LogP contribution in [-0.2, 0) is 10.3 Å². The molecule has 7 heteroatoms. The fourth-order valence-corrected chi connectivity index (χ4v) is 4.13. The lowest BCUT2D eigenvalue weighted by Gasteiger charge is -2.28. The Labute approximate surface area is 163 Å². The molecule has 0 aliphatic carbocycles. The third kappa shape index (κ3) is 2.73. The lowest BCUT2D eigenvalue weighted by Crippen LogP contribution is -2.27. The maximum absolute atomic E-state index is 12.8. The van der Waals surface area contributed by atoms with Crippen molar-refractivity contribution < 1.29 is 22.6 Å². The summed E-state index contributed by atoms with van der Waals surface area (Å²) in [6.45, 7) is 0.210. The van der Waals surface area contributed by atoms with Gasteiger partial charge in [-0.15, -0.1) is 13.2 Å². The minimum Gasteiger partial charge on any atom is -0.462 e. The zero-order chi connectivity index (χ0) is 20.2. The number of nitrogens with two attached hydrogens (primary N) is 1. The standard InChI is InChI=1S/C22H15F3N2O2/c23-22(24,25)29-18-11-13-9-10-15(18)16-7-4-8-17(19(13)16)21(12-28-20(26)27-21)14-5-2-1-3-6-14/h1-11H,12H2,(H2,26,27). The molecule has 1 unspecified atom stereocenters. The smallest absolute Gasteiger partial charge is 0.462 e. The summed E-state index contributed by atoms with van der Waals surface area (Å²) >= 11 is 0. The van der Waals surface area contributed by atoms with Crippen LogP contribution in [0.5, 0.6) is 5.75 Å². The van der Waals surface area contributed by atoms with Crippen LogP contribution < -0.4 is 10.5 Å². The first-order valence-corrected chi connectivity index (χ1v) is 8.95. The fraction of sp³-hybridized carbons (Fsp3) is 0.136. The average molecular weight is 396 g/mol. The summed E-state index contributed by atoms with van der Waals surface area (Å²) in [4.78, 5) is 4.62. The van der Waals surface area contributed by atoms with E-state index in [9.17, 15) is 13.2 Å². The highest BCUT2D eigenvalue weighted by molar-refractivity contribution is 6.14. The maximum atomic E-state index is 12.8. The van der Waals surface area contributed by atoms with Gasteiger partial charge < -0.3 is 15.2 Å². The highest BCUT2D eigenvalue weighted by Gasteiger charge is 2.41. The first-order chi connectivity index (χ1) is 13.9. The molecule has 29 heavy (non-hydrogen) atoms. The molecular weight excluding hydrogens is 381 g/mol. The largest absolute Gasteiger partial charge is 0.573 e. The van der Waals surface area contributed by atoms with Gasteiger partial charge in [0.1, 0.15) is 12.4 Å². The maximum Gasteiger partial charge on any atom is 0.573 e. The van der Waals surface area contributed by atoms with Gasteiger partial charge in [0, 0.05) is 5.39 Å². The van der Waals surface area contributed by atoms with Crippen molar-refractivity contribution in [2.75, 3.05) is 6.61 Å². The van der Waals surface area contributed by atoms with Crippen LogP contribution in [0, 0.1) is 0 Å². The molecular formula is C22H15F3N2O2. The van der Waals surface area contributed by atoms with Gasteiger partial charge in [0.15, 0.2) is 5.54 Å². The van der Waals surface area contributed by atoms with Crippen LogP contribution in [0.3, 0.4) is 0 Å². The predicted octanol–water partition coefficient (Wildman–Crippen LogP) is 4.92. The number of nitrogens with zero attached hydrogens (tertiary/aromatic N) is 1. The number of hydrogen-bond donors (Lipinski definition) is 1. The van der Waals surface area contributed by atoms with Crippen molar-refractivity contribution in [1.29, 1.82) is 0 Å². The van der Waals surface area contributed by atoms with Crippen molar-refractivity contribution in [3.8, 4) is 5.75 Å². The van der Waals surface area contributed by atoms with Crippen LogP contribution in [0.25, 0.3) is 21.5 Å². The molecule has 2 bridgehead atoms. The molecule has 4 nitrogen and oxygen atoms in total. The van der Waals surface area contributed by atoms with Crippen molar-refractivity contribution in [1.82, 2.24) is 0 Å². The van der Waals surface area contributed by atoms with Crippen LogP contribution in [0.2, 0.25) is 0 Å². The second-order valence-corrected chi connectivity index (χ2v) is 6.95. The van der Waals surface area contributed by atoms with Crippen molar-refractivity contribution >= 4 is 27.6 Å². The number of rotatable bonds is 3. The SMILES string of the molecule is NC1=NC(c2ccccc2)(c2cccc3c4ccc(cc4OC(F)(F)F)c23)CO1. The molecule has 1 heterocycles. The minimum atomic E-state index is -4.76. The van der Waals surface area contributed by atoms with Crippen molar-refractivity contribution in [2.24, 2.45) is 10.7 Å². The summed E-state index contributed by atoms with van der Waals surface area (Å²) in [7, 11) is 0. The van der Waals surface area contributed by atoms with E-state index in [0.29, 0.717) is 16.2 Å². The van der Waals surface area contributed by atoms with Gasteiger partial charge in [-0.1, -0.05) is 60.7 Å². The number of alkyl halides is 3. The van der Waals surface area contributed by atoms with Crippen LogP contribution in [-0.4, -0.2) is 19.0 Å². The summed E-state index contributed by atoms with van der Waals surface area (Å²) in [5.74, 6) is -0.209. The van der Waals surface area contributed by atoms with E-state index in [2.05, 4.69) is 9.73 Å². The molecule has 2 N–H and O–H groups in total. The fourth-order valence-electron chi connectivity index (χ4n) is 4.13. The molecule has 0 fully saturated rings. The molecule has 0 spiro atoms. The zero-order valence-electron chi connectivity index (χ0n) is 15.0. The van der Waals surface area contributed by atoms with Gasteiger partial charge >= 0.3 is 6.36 Å². The van der Waals surface area contributed by atoms with Crippen molar-refractivity contribution in [3.05, 3.63) is 77.9 Å². The topological polar surface area (TPSA) is 56.8 Å². The van der Waals surface area contributed by atoms with E-state index < -0.39 is 11.9 Å². The van der Waals surface area contributed by atoms with E-state index in [1.807, 2.05) is 36.4 Å². The zero-order valence-corrected chi connectivity index (χ0v) is 15.0. The number of halogens is 3. The van der Waals surface area contributed by atoms with Gasteiger partial charge in [-0.05, 0) is 33.4 Å². The lowest BCUT2D eigenvalue weighted by molar-refractivity contribution is -0.274. The predicted molar refractivity (Wildman–Crippen MR) is 104 cm³/mol. The Hall–Kier alpha value is -3.48. The summed E-state index contributed by atoms with van der Waals surface area (Å²) in [6.07, 6.45) is -4.76. The number of ether oxygens (including phenoxy) is 2. The van der Waals surface area contributed by atoms with E-state index in [-0.39, 0.29) is 18.4 Å². The van der Waals surface area contributed by atoms with Crippen LogP contribution in [0.15, 0.2) is 71.7 Å². The molecule has 1 aliphatic heterocycles. The minimum absolute atomic E-state index is 0.0808. The Bertz CT molecular complexity index is 1240. The molecule has 1 atom stereocenters. The van der Waals surface area contributed by atoms with Gasteiger partial charge in [-0.2, -0.15) is 0 Å². The Morgan fingerprint density at radius 1 is 0.966 bits per heavy atom. The second-order valence-electron chi connectivity index (χ2n) is 6.95. The Balaban J connectivity index is 1.80. The van der Waals surface area contributed by atoms with E-state index in [4.69, 9.17) is 10.5 Å². The monoisotopic (exact) mass is 396 g/mol. The van der Waals surface area contributed by atoms with Gasteiger partial charge in [0.25, 0.3) is 6.02 Å². The van der Waals surface area contributed by atoms with Gasteiger partial charge in [0.05, 0.1) is 0 Å². The molecule has 0 saturated heterocycles. The molecule has 0 aromatic heterocycles. The van der Waals surface area contributed by atoms with Gasteiger partial charge in [-0.3, -0.25) is 0 Å². The van der Waals surface area contributed by atoms with E-state index in [1.54, 1.807) is 24.3 Å². The molecule has 5 aromatic carbocycles. The second kappa shape index (κ2) is 6.01. The third-order valence-corrected chi connectivity index (χ3v) is 5.28. The quantitative estimate of drug-likeness (QED) is 0.535. The van der Waals surface area contributed by atoms with Crippen LogP contribution >= 0.6 is 0 Å². The number of amidine groups is 1. The molecule has 6 rings (SSSR count). The molecule has 0 amide bonds. The van der Waals surface area contributed by atoms with E-state index in [0.717, 1.165) is 16.5 Å². The molecule has 1 aliphatic rings. The Kier molecular flexibility index (Phi) is 3.65. The number of aliphatic imine (C=N–C) groups is 1. The number of hydrogen-bond acceptors (Lipinski definition) is 4. The van der Waals surface area contributed by atoms with Gasteiger partial charge in [-0.25, -0.2) is 4.99 Å². The van der Waals surface area contributed by atoms with Crippen molar-refractivity contribution in [3.63, 3.8) is 0 Å². The normalized spacial score (nSPS) is 19.5. The Morgan fingerprint density at radius 3 is 2.45 bits per heavy atom. The summed E-state index contributed by atoms with van der Waals surface area (Å²) in [5, 5.41) is 2.48.